The Hall–Kier alpha value is -1.51. The van der Waals surface area contributed by atoms with Crippen LogP contribution in [0.15, 0.2) is 24.3 Å². The number of hydrogen-bond donors (Lipinski definition) is 2. The van der Waals surface area contributed by atoms with Crippen LogP contribution in [0.1, 0.15) is 44.6 Å². The lowest BCUT2D eigenvalue weighted by Crippen LogP contribution is -2.31. The first kappa shape index (κ1) is 12.9. The van der Waals surface area contributed by atoms with E-state index in [-0.39, 0.29) is 11.9 Å². The largest absolute Gasteiger partial charge is 0.385 e. The lowest BCUT2D eigenvalue weighted by atomic mass is 9.91. The maximum atomic E-state index is 11.9. The molecule has 18 heavy (non-hydrogen) atoms. The second-order valence-electron chi connectivity index (χ2n) is 5.28. The normalized spacial score (nSPS) is 18.7. The van der Waals surface area contributed by atoms with Gasteiger partial charge in [0.15, 0.2) is 0 Å². The summed E-state index contributed by atoms with van der Waals surface area (Å²) in [7, 11) is 0. The Morgan fingerprint density at radius 3 is 3.00 bits per heavy atom. The number of carbonyl (C=O) groups is 1. The molecule has 0 radical (unpaired) electrons. The number of para-hydroxylation sites is 1. The van der Waals surface area contributed by atoms with Crippen LogP contribution in [0, 0.1) is 0 Å². The summed E-state index contributed by atoms with van der Waals surface area (Å²) >= 11 is 0. The van der Waals surface area contributed by atoms with E-state index < -0.39 is 0 Å². The Morgan fingerprint density at radius 2 is 2.22 bits per heavy atom. The van der Waals surface area contributed by atoms with Crippen LogP contribution in [0.5, 0.6) is 0 Å². The Labute approximate surface area is 109 Å². The Morgan fingerprint density at radius 1 is 1.44 bits per heavy atom. The smallest absolute Gasteiger partial charge is 0.220 e. The number of hydrogen-bond acceptors (Lipinski definition) is 2. The molecule has 3 heteroatoms. The molecule has 0 saturated heterocycles. The summed E-state index contributed by atoms with van der Waals surface area (Å²) in [5.41, 5.74) is 2.48. The molecule has 1 aliphatic rings. The predicted molar refractivity (Wildman–Crippen MR) is 74.8 cm³/mol. The lowest BCUT2D eigenvalue weighted by molar-refractivity contribution is -0.122. The molecular weight excluding hydrogens is 224 g/mol. The predicted octanol–water partition coefficient (Wildman–Crippen LogP) is 2.89. The van der Waals surface area contributed by atoms with Crippen molar-refractivity contribution in [2.75, 3.05) is 11.9 Å². The minimum atomic E-state index is 0.159. The zero-order chi connectivity index (χ0) is 13.0. The third-order valence-electron chi connectivity index (χ3n) is 3.33. The number of anilines is 1. The third kappa shape index (κ3) is 3.25. The van der Waals surface area contributed by atoms with Gasteiger partial charge in [0.1, 0.15) is 0 Å². The maximum absolute atomic E-state index is 11.9. The summed E-state index contributed by atoms with van der Waals surface area (Å²) in [6.45, 7) is 5.00. The fourth-order valence-corrected chi connectivity index (χ4v) is 2.56. The molecule has 1 amide bonds. The highest BCUT2D eigenvalue weighted by Gasteiger charge is 2.21. The van der Waals surface area contributed by atoms with Crippen LogP contribution < -0.4 is 10.6 Å². The van der Waals surface area contributed by atoms with Gasteiger partial charge in [0, 0.05) is 24.7 Å². The molecule has 0 aliphatic carbocycles. The summed E-state index contributed by atoms with van der Waals surface area (Å²) in [6.07, 6.45) is 2.79. The quantitative estimate of drug-likeness (QED) is 0.861. The van der Waals surface area contributed by atoms with E-state index in [4.69, 9.17) is 0 Å². The molecule has 1 heterocycles. The SMILES string of the molecule is CC(C)NC(=O)C[C@H]1CCCNc2ccccc21. The third-order valence-corrected chi connectivity index (χ3v) is 3.33. The van der Waals surface area contributed by atoms with Gasteiger partial charge in [-0.25, -0.2) is 0 Å². The summed E-state index contributed by atoms with van der Waals surface area (Å²) in [5, 5.41) is 6.42. The number of nitrogens with one attached hydrogen (secondary N) is 2. The number of rotatable bonds is 3. The molecule has 1 aliphatic heterocycles. The molecule has 98 valence electrons. The van der Waals surface area contributed by atoms with Crippen LogP contribution in [-0.4, -0.2) is 18.5 Å². The van der Waals surface area contributed by atoms with Gasteiger partial charge < -0.3 is 10.6 Å². The summed E-state index contributed by atoms with van der Waals surface area (Å²) < 4.78 is 0. The van der Waals surface area contributed by atoms with Gasteiger partial charge in [-0.3, -0.25) is 4.79 Å². The monoisotopic (exact) mass is 246 g/mol. The van der Waals surface area contributed by atoms with E-state index in [1.807, 2.05) is 19.9 Å². The highest BCUT2D eigenvalue weighted by Crippen LogP contribution is 2.33. The minimum absolute atomic E-state index is 0.159. The van der Waals surface area contributed by atoms with Crippen molar-refractivity contribution in [2.45, 2.75) is 45.1 Å². The van der Waals surface area contributed by atoms with Crippen LogP contribution in [0.2, 0.25) is 0 Å². The van der Waals surface area contributed by atoms with Crippen LogP contribution in [0.25, 0.3) is 0 Å². The fourth-order valence-electron chi connectivity index (χ4n) is 2.56. The zero-order valence-electron chi connectivity index (χ0n) is 11.2. The van der Waals surface area contributed by atoms with E-state index >= 15 is 0 Å². The van der Waals surface area contributed by atoms with Crippen molar-refractivity contribution in [3.05, 3.63) is 29.8 Å². The van der Waals surface area contributed by atoms with Crippen molar-refractivity contribution in [3.63, 3.8) is 0 Å². The number of fused-ring (bicyclic) bond motifs is 1. The van der Waals surface area contributed by atoms with Crippen LogP contribution in [0.4, 0.5) is 5.69 Å². The van der Waals surface area contributed by atoms with E-state index in [0.29, 0.717) is 12.3 Å². The first-order valence-electron chi connectivity index (χ1n) is 6.79. The first-order valence-corrected chi connectivity index (χ1v) is 6.79. The van der Waals surface area contributed by atoms with E-state index in [1.54, 1.807) is 0 Å². The molecule has 0 spiro atoms. The molecule has 2 N–H and O–H groups in total. The Kier molecular flexibility index (Phi) is 4.24. The number of benzene rings is 1. The topological polar surface area (TPSA) is 41.1 Å². The average Bonchev–Trinajstić information content (AvgIpc) is 2.51. The average molecular weight is 246 g/mol. The fraction of sp³-hybridized carbons (Fsp3) is 0.533. The summed E-state index contributed by atoms with van der Waals surface area (Å²) in [4.78, 5) is 11.9. The van der Waals surface area contributed by atoms with E-state index in [2.05, 4.69) is 28.8 Å². The standard InChI is InChI=1S/C15H22N2O/c1-11(2)17-15(18)10-12-6-5-9-16-14-8-4-3-7-13(12)14/h3-4,7-8,11-12,16H,5-6,9-10H2,1-2H3,(H,17,18)/t12-/m1/s1. The van der Waals surface area contributed by atoms with Crippen molar-refractivity contribution in [2.24, 2.45) is 0 Å². The molecule has 0 aromatic heterocycles. The molecule has 3 nitrogen and oxygen atoms in total. The maximum Gasteiger partial charge on any atom is 0.220 e. The van der Waals surface area contributed by atoms with Crippen molar-refractivity contribution in [1.82, 2.24) is 5.32 Å². The second-order valence-corrected chi connectivity index (χ2v) is 5.28. The van der Waals surface area contributed by atoms with Crippen LogP contribution in [0.3, 0.4) is 0 Å². The summed E-state index contributed by atoms with van der Waals surface area (Å²) in [5.74, 6) is 0.502. The van der Waals surface area contributed by atoms with E-state index in [9.17, 15) is 4.79 Å². The van der Waals surface area contributed by atoms with Gasteiger partial charge >= 0.3 is 0 Å². The van der Waals surface area contributed by atoms with E-state index in [1.165, 1.54) is 11.3 Å². The van der Waals surface area contributed by atoms with Crippen molar-refractivity contribution in [1.29, 1.82) is 0 Å². The van der Waals surface area contributed by atoms with Gasteiger partial charge in [0.05, 0.1) is 0 Å². The molecule has 2 rings (SSSR count). The van der Waals surface area contributed by atoms with Gasteiger partial charge in [-0.2, -0.15) is 0 Å². The highest BCUT2D eigenvalue weighted by molar-refractivity contribution is 5.77. The molecule has 0 bridgehead atoms. The molecule has 0 unspecified atom stereocenters. The zero-order valence-corrected chi connectivity index (χ0v) is 11.2. The second kappa shape index (κ2) is 5.89. The first-order chi connectivity index (χ1) is 8.66. The Bertz CT molecular complexity index is 415. The van der Waals surface area contributed by atoms with Crippen molar-refractivity contribution in [3.8, 4) is 0 Å². The molecular formula is C15H22N2O. The van der Waals surface area contributed by atoms with Crippen LogP contribution >= 0.6 is 0 Å². The molecule has 0 saturated carbocycles. The molecule has 1 aromatic carbocycles. The van der Waals surface area contributed by atoms with E-state index in [0.717, 1.165) is 19.4 Å². The lowest BCUT2D eigenvalue weighted by Gasteiger charge is -2.17. The molecule has 0 fully saturated rings. The van der Waals surface area contributed by atoms with Crippen molar-refractivity contribution >= 4 is 11.6 Å². The van der Waals surface area contributed by atoms with Crippen LogP contribution in [-0.2, 0) is 4.79 Å². The number of amides is 1. The molecule has 1 atom stereocenters. The minimum Gasteiger partial charge on any atom is -0.385 e. The van der Waals surface area contributed by atoms with Gasteiger partial charge in [-0.15, -0.1) is 0 Å². The Balaban J connectivity index is 2.10. The van der Waals surface area contributed by atoms with Gasteiger partial charge in [-0.05, 0) is 44.2 Å². The van der Waals surface area contributed by atoms with Gasteiger partial charge in [0.2, 0.25) is 5.91 Å². The molecule has 1 aromatic rings. The number of carbonyl (C=O) groups excluding carboxylic acids is 1. The van der Waals surface area contributed by atoms with Crippen molar-refractivity contribution < 1.29 is 4.79 Å². The highest BCUT2D eigenvalue weighted by atomic mass is 16.1. The van der Waals surface area contributed by atoms with Gasteiger partial charge in [0.25, 0.3) is 0 Å². The summed E-state index contributed by atoms with van der Waals surface area (Å²) in [6, 6.07) is 8.56. The van der Waals surface area contributed by atoms with Gasteiger partial charge in [-0.1, -0.05) is 18.2 Å².